The topological polar surface area (TPSA) is 85.0 Å². The summed E-state index contributed by atoms with van der Waals surface area (Å²) >= 11 is 0. The molecule has 9 nitrogen and oxygen atoms in total. The maximum atomic E-state index is 13.1. The molecule has 1 aliphatic heterocycles. The fourth-order valence-electron chi connectivity index (χ4n) is 5.13. The van der Waals surface area contributed by atoms with Crippen LogP contribution in [0.5, 0.6) is 0 Å². The van der Waals surface area contributed by atoms with Crippen molar-refractivity contribution in [3.8, 4) is 0 Å². The van der Waals surface area contributed by atoms with E-state index in [0.29, 0.717) is 19.1 Å². The van der Waals surface area contributed by atoms with Crippen LogP contribution in [0.4, 0.5) is 0 Å². The zero-order valence-electron chi connectivity index (χ0n) is 17.8. The van der Waals surface area contributed by atoms with Crippen LogP contribution in [0.2, 0.25) is 0 Å². The zero-order valence-corrected chi connectivity index (χ0v) is 17.8. The number of likely N-dealkylation sites (tertiary alicyclic amines) is 1. The van der Waals surface area contributed by atoms with Crippen LogP contribution in [0.3, 0.4) is 0 Å². The summed E-state index contributed by atoms with van der Waals surface area (Å²) in [4.78, 5) is 21.7. The predicted octanol–water partition coefficient (Wildman–Crippen LogP) is 1.76. The van der Waals surface area contributed by atoms with Crippen LogP contribution < -0.4 is 0 Å². The van der Waals surface area contributed by atoms with Crippen molar-refractivity contribution in [3.05, 3.63) is 24.0 Å². The first-order chi connectivity index (χ1) is 14.1. The standard InChI is InChI=1S/C20H32N8O/c1-4-27(5-2)20(19-22-23-24-28(19)17-8-6-7-9-17)10-12-26(15-20)18(29)14-25-13-11-21-16(25)3/h11,13,17H,4-10,12,14-15H2,1-3H3/t20-/m0/s1. The van der Waals surface area contributed by atoms with Crippen molar-refractivity contribution in [1.82, 2.24) is 39.6 Å². The highest BCUT2D eigenvalue weighted by Crippen LogP contribution is 2.39. The summed E-state index contributed by atoms with van der Waals surface area (Å²) in [7, 11) is 0. The van der Waals surface area contributed by atoms with Crippen molar-refractivity contribution in [2.75, 3.05) is 26.2 Å². The fourth-order valence-corrected chi connectivity index (χ4v) is 5.13. The molecule has 9 heteroatoms. The molecule has 0 bridgehead atoms. The molecule has 2 aliphatic rings. The Morgan fingerprint density at radius 2 is 2.03 bits per heavy atom. The van der Waals surface area contributed by atoms with Crippen molar-refractivity contribution in [3.63, 3.8) is 0 Å². The van der Waals surface area contributed by atoms with Crippen LogP contribution in [-0.4, -0.2) is 71.6 Å². The zero-order chi connectivity index (χ0) is 20.4. The third kappa shape index (κ3) is 3.56. The van der Waals surface area contributed by atoms with Gasteiger partial charge in [0.1, 0.15) is 17.9 Å². The van der Waals surface area contributed by atoms with Gasteiger partial charge in [0.25, 0.3) is 0 Å². The Balaban J connectivity index is 1.61. The molecule has 3 heterocycles. The molecular formula is C20H32N8O. The highest BCUT2D eigenvalue weighted by atomic mass is 16.2. The number of aromatic nitrogens is 6. The van der Waals surface area contributed by atoms with Crippen LogP contribution in [-0.2, 0) is 16.9 Å². The Morgan fingerprint density at radius 3 is 2.69 bits per heavy atom. The van der Waals surface area contributed by atoms with Gasteiger partial charge in [0, 0.05) is 25.5 Å². The Kier molecular flexibility index (Phi) is 5.67. The van der Waals surface area contributed by atoms with Crippen molar-refractivity contribution in [2.24, 2.45) is 0 Å². The van der Waals surface area contributed by atoms with Gasteiger partial charge in [0.2, 0.25) is 5.91 Å². The summed E-state index contributed by atoms with van der Waals surface area (Å²) in [6.07, 6.45) is 9.19. The number of carbonyl (C=O) groups excluding carboxylic acids is 1. The van der Waals surface area contributed by atoms with Crippen LogP contribution in [0, 0.1) is 6.92 Å². The van der Waals surface area contributed by atoms with Crippen molar-refractivity contribution in [1.29, 1.82) is 0 Å². The Bertz CT molecular complexity index is 835. The number of nitrogens with zero attached hydrogens (tertiary/aromatic N) is 8. The van der Waals surface area contributed by atoms with Gasteiger partial charge in [-0.15, -0.1) is 5.10 Å². The molecule has 2 aromatic rings. The van der Waals surface area contributed by atoms with Crippen molar-refractivity contribution < 1.29 is 4.79 Å². The van der Waals surface area contributed by atoms with Crippen LogP contribution in [0.1, 0.15) is 63.6 Å². The number of hydrogen-bond acceptors (Lipinski definition) is 6. The first-order valence-corrected chi connectivity index (χ1v) is 10.9. The van der Waals surface area contributed by atoms with Crippen LogP contribution in [0.15, 0.2) is 12.4 Å². The SMILES string of the molecule is CCN(CC)[C@@]1(c2nnnn2C2CCCC2)CCN(C(=O)Cn2ccnc2C)C1. The minimum absolute atomic E-state index is 0.125. The maximum absolute atomic E-state index is 13.1. The molecule has 1 saturated carbocycles. The number of imidazole rings is 1. The maximum Gasteiger partial charge on any atom is 0.242 e. The van der Waals surface area contributed by atoms with Gasteiger partial charge in [-0.1, -0.05) is 26.7 Å². The van der Waals surface area contributed by atoms with E-state index in [1.807, 2.05) is 22.6 Å². The number of amides is 1. The predicted molar refractivity (Wildman–Crippen MR) is 108 cm³/mol. The van der Waals surface area contributed by atoms with E-state index in [2.05, 4.69) is 43.9 Å². The highest BCUT2D eigenvalue weighted by molar-refractivity contribution is 5.76. The third-order valence-electron chi connectivity index (χ3n) is 6.78. The summed E-state index contributed by atoms with van der Waals surface area (Å²) < 4.78 is 3.97. The molecule has 2 fully saturated rings. The molecule has 1 amide bonds. The number of aryl methyl sites for hydroxylation is 1. The van der Waals surface area contributed by atoms with E-state index in [1.54, 1.807) is 6.20 Å². The average molecular weight is 401 g/mol. The van der Waals surface area contributed by atoms with Crippen molar-refractivity contribution >= 4 is 5.91 Å². The summed E-state index contributed by atoms with van der Waals surface area (Å²) in [5, 5.41) is 13.0. The van der Waals surface area contributed by atoms with Crippen LogP contribution >= 0.6 is 0 Å². The van der Waals surface area contributed by atoms with E-state index in [9.17, 15) is 4.79 Å². The number of rotatable bonds is 7. The van der Waals surface area contributed by atoms with E-state index in [4.69, 9.17) is 0 Å². The van der Waals surface area contributed by atoms with Gasteiger partial charge in [0.05, 0.1) is 6.04 Å². The van der Waals surface area contributed by atoms with Gasteiger partial charge in [-0.2, -0.15) is 0 Å². The van der Waals surface area contributed by atoms with Crippen molar-refractivity contribution in [2.45, 2.75) is 71.0 Å². The molecule has 4 rings (SSSR count). The molecule has 1 atom stereocenters. The molecule has 158 valence electrons. The second-order valence-electron chi connectivity index (χ2n) is 8.26. The van der Waals surface area contributed by atoms with Gasteiger partial charge >= 0.3 is 0 Å². The van der Waals surface area contributed by atoms with E-state index in [-0.39, 0.29) is 11.4 Å². The van der Waals surface area contributed by atoms with Gasteiger partial charge < -0.3 is 9.47 Å². The summed E-state index contributed by atoms with van der Waals surface area (Å²) in [5.74, 6) is 1.92. The first kappa shape index (κ1) is 20.0. The Hall–Kier alpha value is -2.29. The molecule has 1 saturated heterocycles. The molecule has 0 aromatic carbocycles. The summed E-state index contributed by atoms with van der Waals surface area (Å²) in [5.41, 5.74) is -0.324. The van der Waals surface area contributed by atoms with E-state index < -0.39 is 0 Å². The first-order valence-electron chi connectivity index (χ1n) is 10.9. The third-order valence-corrected chi connectivity index (χ3v) is 6.78. The molecule has 0 unspecified atom stereocenters. The van der Waals surface area contributed by atoms with E-state index in [1.165, 1.54) is 12.8 Å². The quantitative estimate of drug-likeness (QED) is 0.704. The number of tetrazole rings is 1. The van der Waals surface area contributed by atoms with Gasteiger partial charge in [-0.05, 0) is 49.7 Å². The second kappa shape index (κ2) is 8.22. The number of carbonyl (C=O) groups is 1. The molecule has 0 radical (unpaired) electrons. The lowest BCUT2D eigenvalue weighted by molar-refractivity contribution is -0.131. The molecule has 0 N–H and O–H groups in total. The molecule has 0 spiro atoms. The smallest absolute Gasteiger partial charge is 0.242 e. The molecule has 1 aliphatic carbocycles. The van der Waals surface area contributed by atoms with E-state index >= 15 is 0 Å². The second-order valence-corrected chi connectivity index (χ2v) is 8.26. The Labute approximate surface area is 172 Å². The molecule has 2 aromatic heterocycles. The monoisotopic (exact) mass is 400 g/mol. The Morgan fingerprint density at radius 1 is 1.28 bits per heavy atom. The minimum Gasteiger partial charge on any atom is -0.339 e. The number of hydrogen-bond donors (Lipinski definition) is 0. The fraction of sp³-hybridized carbons (Fsp3) is 0.750. The summed E-state index contributed by atoms with van der Waals surface area (Å²) in [6.45, 7) is 9.76. The number of likely N-dealkylation sites (N-methyl/N-ethyl adjacent to an activating group) is 1. The lowest BCUT2D eigenvalue weighted by Crippen LogP contribution is -2.50. The lowest BCUT2D eigenvalue weighted by Gasteiger charge is -2.39. The van der Waals surface area contributed by atoms with Gasteiger partial charge in [0.15, 0.2) is 5.82 Å². The molecular weight excluding hydrogens is 368 g/mol. The van der Waals surface area contributed by atoms with Gasteiger partial charge in [-0.25, -0.2) is 9.67 Å². The normalized spacial score (nSPS) is 22.8. The largest absolute Gasteiger partial charge is 0.339 e. The van der Waals surface area contributed by atoms with E-state index in [0.717, 1.165) is 50.5 Å². The molecule has 29 heavy (non-hydrogen) atoms. The summed E-state index contributed by atoms with van der Waals surface area (Å²) in [6, 6.07) is 0.380. The van der Waals surface area contributed by atoms with Crippen LogP contribution in [0.25, 0.3) is 0 Å². The lowest BCUT2D eigenvalue weighted by atomic mass is 9.94. The minimum atomic E-state index is -0.324. The van der Waals surface area contributed by atoms with Gasteiger partial charge in [-0.3, -0.25) is 9.69 Å². The highest BCUT2D eigenvalue weighted by Gasteiger charge is 2.49. The average Bonchev–Trinajstić information content (AvgIpc) is 3.50.